The molecule has 2 fully saturated rings. The van der Waals surface area contributed by atoms with Crippen LogP contribution in [-0.4, -0.2) is 17.7 Å². The van der Waals surface area contributed by atoms with Gasteiger partial charge in [-0.15, -0.1) is 0 Å². The van der Waals surface area contributed by atoms with Gasteiger partial charge in [0.05, 0.1) is 0 Å². The van der Waals surface area contributed by atoms with Crippen LogP contribution in [0.4, 0.5) is 0 Å². The molecule has 1 saturated carbocycles. The maximum atomic E-state index is 10.1. The van der Waals surface area contributed by atoms with Crippen LogP contribution in [0.5, 0.6) is 5.75 Å². The Morgan fingerprint density at radius 3 is 3.00 bits per heavy atom. The lowest BCUT2D eigenvalue weighted by Crippen LogP contribution is -2.65. The smallest absolute Gasteiger partial charge is 0.115 e. The molecule has 1 aliphatic heterocycles. The Labute approximate surface area is 132 Å². The summed E-state index contributed by atoms with van der Waals surface area (Å²) in [6, 6.07) is 8.42. The van der Waals surface area contributed by atoms with Gasteiger partial charge >= 0.3 is 0 Å². The summed E-state index contributed by atoms with van der Waals surface area (Å²) in [7, 11) is 0. The molecule has 2 aliphatic carbocycles. The van der Waals surface area contributed by atoms with E-state index in [9.17, 15) is 5.11 Å². The second-order valence-electron chi connectivity index (χ2n) is 7.23. The monoisotopic (exact) mass is 295 g/mol. The van der Waals surface area contributed by atoms with Crippen LogP contribution in [0.3, 0.4) is 0 Å². The fraction of sp³-hybridized carbons (Fsp3) is 0.500. The molecule has 1 aromatic carbocycles. The number of phenols is 1. The van der Waals surface area contributed by atoms with Gasteiger partial charge in [-0.2, -0.15) is 0 Å². The van der Waals surface area contributed by atoms with E-state index in [1.54, 1.807) is 6.07 Å². The van der Waals surface area contributed by atoms with Crippen molar-refractivity contribution in [3.8, 4) is 5.75 Å². The highest BCUT2D eigenvalue weighted by molar-refractivity contribution is 5.43. The van der Waals surface area contributed by atoms with E-state index in [2.05, 4.69) is 42.6 Å². The molecule has 0 amide bonds. The number of hydrogen-bond acceptors (Lipinski definition) is 2. The first-order valence-corrected chi connectivity index (χ1v) is 8.58. The quantitative estimate of drug-likeness (QED) is 0.823. The Kier molecular flexibility index (Phi) is 3.19. The maximum absolute atomic E-state index is 10.1. The Morgan fingerprint density at radius 2 is 2.14 bits per heavy atom. The largest absolute Gasteiger partial charge is 0.508 e. The molecule has 116 valence electrons. The summed E-state index contributed by atoms with van der Waals surface area (Å²) in [6.45, 7) is 3.41. The molecule has 0 aromatic heterocycles. The van der Waals surface area contributed by atoms with Crippen LogP contribution in [0.25, 0.3) is 0 Å². The van der Waals surface area contributed by atoms with Crippen molar-refractivity contribution in [2.75, 3.05) is 6.54 Å². The molecule has 2 nitrogen and oxygen atoms in total. The molecule has 1 aromatic rings. The van der Waals surface area contributed by atoms with Crippen molar-refractivity contribution in [1.29, 1.82) is 0 Å². The summed E-state index contributed by atoms with van der Waals surface area (Å²) in [4.78, 5) is 0. The predicted octanol–water partition coefficient (Wildman–Crippen LogP) is 3.92. The molecule has 1 heterocycles. The van der Waals surface area contributed by atoms with Crippen molar-refractivity contribution >= 4 is 0 Å². The Hall–Kier alpha value is -1.54. The molecular weight excluding hydrogens is 270 g/mol. The number of hydrogen-bond donors (Lipinski definition) is 2. The van der Waals surface area contributed by atoms with E-state index in [4.69, 9.17) is 0 Å². The van der Waals surface area contributed by atoms with Gasteiger partial charge in [-0.05, 0) is 56.3 Å². The van der Waals surface area contributed by atoms with Crippen molar-refractivity contribution < 1.29 is 5.11 Å². The van der Waals surface area contributed by atoms with Crippen molar-refractivity contribution in [2.24, 2.45) is 11.3 Å². The molecule has 3 aliphatic rings. The minimum absolute atomic E-state index is 0.0775. The molecule has 4 atom stereocenters. The van der Waals surface area contributed by atoms with E-state index < -0.39 is 0 Å². The van der Waals surface area contributed by atoms with Crippen molar-refractivity contribution in [2.45, 2.75) is 44.1 Å². The van der Waals surface area contributed by atoms with Gasteiger partial charge in [0.25, 0.3) is 0 Å². The van der Waals surface area contributed by atoms with Gasteiger partial charge in [0.2, 0.25) is 0 Å². The first-order chi connectivity index (χ1) is 10.7. The minimum Gasteiger partial charge on any atom is -0.508 e. The lowest BCUT2D eigenvalue weighted by atomic mass is 9.44. The maximum Gasteiger partial charge on any atom is 0.115 e. The summed E-state index contributed by atoms with van der Waals surface area (Å²) in [5, 5.41) is 13.8. The van der Waals surface area contributed by atoms with Gasteiger partial charge in [-0.3, -0.25) is 0 Å². The van der Waals surface area contributed by atoms with Crippen LogP contribution in [0.2, 0.25) is 0 Å². The third kappa shape index (κ3) is 1.70. The number of piperidine rings is 1. The fourth-order valence-electron chi connectivity index (χ4n) is 5.62. The van der Waals surface area contributed by atoms with Crippen LogP contribution in [0.1, 0.15) is 38.2 Å². The average molecular weight is 295 g/mol. The van der Waals surface area contributed by atoms with Crippen molar-refractivity contribution in [3.63, 3.8) is 0 Å². The van der Waals surface area contributed by atoms with E-state index >= 15 is 0 Å². The molecule has 2 heteroatoms. The summed E-state index contributed by atoms with van der Waals surface area (Å²) in [5.74, 6) is 1.01. The lowest BCUT2D eigenvalue weighted by Gasteiger charge is -2.62. The molecule has 1 saturated heterocycles. The first-order valence-electron chi connectivity index (χ1n) is 8.58. The zero-order valence-corrected chi connectivity index (χ0v) is 13.3. The first kappa shape index (κ1) is 14.1. The van der Waals surface area contributed by atoms with E-state index in [0.29, 0.717) is 17.7 Å². The standard InChI is InChI=1S/C20H25NO/c1-15-20(17-7-4-9-18(22)14-17)11-5-8-16-6-2-3-10-19(16,20)12-13-21-15/h2-4,6-7,9-10,14-16,21-22H,5,8,11-13H2,1H3. The number of rotatable bonds is 1. The van der Waals surface area contributed by atoms with E-state index in [1.807, 2.05) is 12.1 Å². The number of nitrogens with one attached hydrogen (secondary N) is 1. The second-order valence-corrected chi connectivity index (χ2v) is 7.23. The number of benzene rings is 1. The zero-order valence-electron chi connectivity index (χ0n) is 13.3. The molecule has 4 unspecified atom stereocenters. The van der Waals surface area contributed by atoms with Crippen LogP contribution in [0, 0.1) is 11.3 Å². The van der Waals surface area contributed by atoms with Gasteiger partial charge in [0.1, 0.15) is 5.75 Å². The molecule has 0 bridgehead atoms. The topological polar surface area (TPSA) is 32.3 Å². The van der Waals surface area contributed by atoms with Crippen LogP contribution < -0.4 is 5.32 Å². The van der Waals surface area contributed by atoms with Gasteiger partial charge < -0.3 is 10.4 Å². The van der Waals surface area contributed by atoms with Crippen molar-refractivity contribution in [1.82, 2.24) is 5.32 Å². The van der Waals surface area contributed by atoms with Gasteiger partial charge in [0.15, 0.2) is 0 Å². The van der Waals surface area contributed by atoms with Gasteiger partial charge in [-0.25, -0.2) is 0 Å². The van der Waals surface area contributed by atoms with Crippen LogP contribution >= 0.6 is 0 Å². The van der Waals surface area contributed by atoms with Crippen LogP contribution in [-0.2, 0) is 5.41 Å². The van der Waals surface area contributed by atoms with Gasteiger partial charge in [0, 0.05) is 16.9 Å². The summed E-state index contributed by atoms with van der Waals surface area (Å²) in [6.07, 6.45) is 14.3. The Morgan fingerprint density at radius 1 is 1.23 bits per heavy atom. The normalized spacial score (nSPS) is 40.0. The predicted molar refractivity (Wildman–Crippen MR) is 89.9 cm³/mol. The second kappa shape index (κ2) is 4.99. The lowest BCUT2D eigenvalue weighted by molar-refractivity contribution is -0.00153. The number of phenolic OH excluding ortho intramolecular Hbond substituents is 1. The fourth-order valence-corrected chi connectivity index (χ4v) is 5.62. The number of aromatic hydroxyl groups is 1. The third-order valence-corrected chi connectivity index (χ3v) is 6.52. The molecule has 0 radical (unpaired) electrons. The highest BCUT2D eigenvalue weighted by Gasteiger charge is 2.60. The molecule has 22 heavy (non-hydrogen) atoms. The zero-order chi connectivity index (χ0) is 15.2. The summed E-state index contributed by atoms with van der Waals surface area (Å²) in [5.41, 5.74) is 1.57. The van der Waals surface area contributed by atoms with E-state index in [1.165, 1.54) is 31.2 Å². The van der Waals surface area contributed by atoms with Crippen molar-refractivity contribution in [3.05, 3.63) is 54.1 Å². The summed E-state index contributed by atoms with van der Waals surface area (Å²) >= 11 is 0. The third-order valence-electron chi connectivity index (χ3n) is 6.52. The minimum atomic E-state index is 0.0775. The molecular formula is C20H25NO. The highest BCUT2D eigenvalue weighted by atomic mass is 16.3. The molecule has 1 spiro atoms. The summed E-state index contributed by atoms with van der Waals surface area (Å²) < 4.78 is 0. The Balaban J connectivity index is 1.94. The van der Waals surface area contributed by atoms with Gasteiger partial charge in [-0.1, -0.05) is 42.9 Å². The van der Waals surface area contributed by atoms with E-state index in [0.717, 1.165) is 6.54 Å². The SMILES string of the molecule is CC1NCCC23C=CC=CC2CCCC13c1cccc(O)c1. The molecule has 4 rings (SSSR count). The highest BCUT2D eigenvalue weighted by Crippen LogP contribution is 2.62. The Bertz CT molecular complexity index is 634. The van der Waals surface area contributed by atoms with E-state index in [-0.39, 0.29) is 10.8 Å². The average Bonchev–Trinajstić information content (AvgIpc) is 2.53. The van der Waals surface area contributed by atoms with Crippen LogP contribution in [0.15, 0.2) is 48.6 Å². The molecule has 2 N–H and O–H groups in total. The number of allylic oxidation sites excluding steroid dienone is 4.